The maximum Gasteiger partial charge on any atom is 0.256 e. The topological polar surface area (TPSA) is 77.2 Å². The van der Waals surface area contributed by atoms with Crippen LogP contribution in [-0.2, 0) is 6.54 Å². The lowest BCUT2D eigenvalue weighted by atomic mass is 10.2. The summed E-state index contributed by atoms with van der Waals surface area (Å²) in [5, 5.41) is 2.72. The highest BCUT2D eigenvalue weighted by molar-refractivity contribution is 6.03. The molecular weight excluding hydrogens is 242 g/mol. The largest absolute Gasteiger partial charge is 0.497 e. The Hall–Kier alpha value is -2.40. The van der Waals surface area contributed by atoms with Crippen molar-refractivity contribution in [2.24, 2.45) is 5.73 Å². The summed E-state index contributed by atoms with van der Waals surface area (Å²) in [6.07, 6.45) is 1.64. The molecule has 0 bridgehead atoms. The number of carbonyl (C=O) groups excluding carboxylic acids is 1. The third-order valence-electron chi connectivity index (χ3n) is 2.65. The first-order chi connectivity index (χ1) is 9.22. The fraction of sp³-hybridized carbons (Fsp3) is 0.143. The van der Waals surface area contributed by atoms with Gasteiger partial charge in [0.15, 0.2) is 0 Å². The number of carbonyl (C=O) groups is 1. The lowest BCUT2D eigenvalue weighted by Gasteiger charge is -2.06. The van der Waals surface area contributed by atoms with Crippen LogP contribution in [0.3, 0.4) is 0 Å². The summed E-state index contributed by atoms with van der Waals surface area (Å²) in [5.74, 6) is 0.996. The Bertz CT molecular complexity index is 550. The number of nitrogens with zero attached hydrogens (tertiary/aromatic N) is 1. The lowest BCUT2D eigenvalue weighted by molar-refractivity contribution is 0.102. The Kier molecular flexibility index (Phi) is 4.10. The van der Waals surface area contributed by atoms with Crippen molar-refractivity contribution < 1.29 is 9.53 Å². The van der Waals surface area contributed by atoms with E-state index in [-0.39, 0.29) is 5.91 Å². The van der Waals surface area contributed by atoms with Gasteiger partial charge in [0.1, 0.15) is 11.6 Å². The average Bonchev–Trinajstić information content (AvgIpc) is 2.48. The van der Waals surface area contributed by atoms with Crippen molar-refractivity contribution in [1.29, 1.82) is 0 Å². The van der Waals surface area contributed by atoms with Crippen molar-refractivity contribution in [1.82, 2.24) is 4.98 Å². The second kappa shape index (κ2) is 5.97. The highest BCUT2D eigenvalue weighted by atomic mass is 16.5. The molecule has 2 aromatic rings. The average molecular weight is 257 g/mol. The highest BCUT2D eigenvalue weighted by Crippen LogP contribution is 2.13. The number of hydrogen-bond acceptors (Lipinski definition) is 4. The molecule has 5 nitrogen and oxygen atoms in total. The zero-order valence-corrected chi connectivity index (χ0v) is 10.6. The van der Waals surface area contributed by atoms with Crippen molar-refractivity contribution in [3.63, 3.8) is 0 Å². The molecule has 0 saturated carbocycles. The first-order valence-corrected chi connectivity index (χ1v) is 5.83. The molecule has 1 amide bonds. The van der Waals surface area contributed by atoms with Crippen LogP contribution >= 0.6 is 0 Å². The quantitative estimate of drug-likeness (QED) is 0.875. The molecular formula is C14H15N3O2. The molecule has 2 rings (SSSR count). The third kappa shape index (κ3) is 3.29. The van der Waals surface area contributed by atoms with E-state index < -0.39 is 0 Å². The lowest BCUT2D eigenvalue weighted by Crippen LogP contribution is -2.13. The van der Waals surface area contributed by atoms with E-state index in [1.54, 1.807) is 43.6 Å². The maximum absolute atomic E-state index is 12.0. The highest BCUT2D eigenvalue weighted by Gasteiger charge is 2.06. The normalized spacial score (nSPS) is 10.0. The van der Waals surface area contributed by atoms with Gasteiger partial charge in [-0.1, -0.05) is 6.07 Å². The minimum absolute atomic E-state index is 0.212. The van der Waals surface area contributed by atoms with Crippen molar-refractivity contribution in [3.8, 4) is 5.75 Å². The number of ether oxygens (including phenoxy) is 1. The van der Waals surface area contributed by atoms with Crippen molar-refractivity contribution in [2.45, 2.75) is 6.54 Å². The van der Waals surface area contributed by atoms with Gasteiger partial charge < -0.3 is 15.8 Å². The minimum atomic E-state index is -0.212. The van der Waals surface area contributed by atoms with Crippen LogP contribution in [0, 0.1) is 0 Å². The van der Waals surface area contributed by atoms with Crippen LogP contribution in [0.2, 0.25) is 0 Å². The van der Waals surface area contributed by atoms with E-state index >= 15 is 0 Å². The molecule has 5 heteroatoms. The summed E-state index contributed by atoms with van der Waals surface area (Å²) in [6.45, 7) is 0.430. The van der Waals surface area contributed by atoms with E-state index in [1.807, 2.05) is 6.07 Å². The van der Waals surface area contributed by atoms with Crippen molar-refractivity contribution in [3.05, 3.63) is 53.7 Å². The van der Waals surface area contributed by atoms with Crippen LogP contribution in [0.5, 0.6) is 5.75 Å². The summed E-state index contributed by atoms with van der Waals surface area (Å²) in [5.41, 5.74) is 6.95. The molecule has 19 heavy (non-hydrogen) atoms. The molecule has 3 N–H and O–H groups in total. The van der Waals surface area contributed by atoms with Crippen LogP contribution in [0.15, 0.2) is 42.6 Å². The van der Waals surface area contributed by atoms with Crippen LogP contribution < -0.4 is 15.8 Å². The second-order valence-corrected chi connectivity index (χ2v) is 3.94. The first kappa shape index (κ1) is 13.0. The van der Waals surface area contributed by atoms with E-state index in [4.69, 9.17) is 10.5 Å². The minimum Gasteiger partial charge on any atom is -0.497 e. The molecule has 0 atom stereocenters. The predicted octanol–water partition coefficient (Wildman–Crippen LogP) is 1.80. The summed E-state index contributed by atoms with van der Waals surface area (Å²) in [6, 6.07) is 10.4. The van der Waals surface area contributed by atoms with Crippen molar-refractivity contribution in [2.75, 3.05) is 12.4 Å². The smallest absolute Gasteiger partial charge is 0.256 e. The van der Waals surface area contributed by atoms with Gasteiger partial charge in [0.05, 0.1) is 7.11 Å². The van der Waals surface area contributed by atoms with Gasteiger partial charge in [-0.3, -0.25) is 4.79 Å². The fourth-order valence-corrected chi connectivity index (χ4v) is 1.55. The molecule has 0 radical (unpaired) electrons. The van der Waals surface area contributed by atoms with E-state index in [0.29, 0.717) is 23.7 Å². The number of anilines is 1. The molecule has 0 saturated heterocycles. The number of rotatable bonds is 4. The number of nitrogens with one attached hydrogen (secondary N) is 1. The number of methoxy groups -OCH3 is 1. The number of nitrogens with two attached hydrogens (primary N) is 1. The van der Waals surface area contributed by atoms with Gasteiger partial charge in [0, 0.05) is 18.3 Å². The van der Waals surface area contributed by atoms with Gasteiger partial charge in [0.25, 0.3) is 5.91 Å². The van der Waals surface area contributed by atoms with Crippen LogP contribution in [0.4, 0.5) is 5.82 Å². The second-order valence-electron chi connectivity index (χ2n) is 3.94. The van der Waals surface area contributed by atoms with Gasteiger partial charge >= 0.3 is 0 Å². The number of pyridine rings is 1. The van der Waals surface area contributed by atoms with Gasteiger partial charge in [-0.05, 0) is 35.9 Å². The molecule has 0 aliphatic heterocycles. The Morgan fingerprint density at radius 3 is 2.53 bits per heavy atom. The van der Waals surface area contributed by atoms with E-state index in [0.717, 1.165) is 5.56 Å². The number of hydrogen-bond donors (Lipinski definition) is 2. The van der Waals surface area contributed by atoms with Gasteiger partial charge in [-0.2, -0.15) is 0 Å². The van der Waals surface area contributed by atoms with Gasteiger partial charge in [-0.15, -0.1) is 0 Å². The molecule has 0 aliphatic carbocycles. The predicted molar refractivity (Wildman–Crippen MR) is 73.1 cm³/mol. The van der Waals surface area contributed by atoms with Gasteiger partial charge in [-0.25, -0.2) is 4.98 Å². The number of amides is 1. The summed E-state index contributed by atoms with van der Waals surface area (Å²) in [4.78, 5) is 16.1. The van der Waals surface area contributed by atoms with E-state index in [1.165, 1.54) is 0 Å². The number of benzene rings is 1. The summed E-state index contributed by atoms with van der Waals surface area (Å²) in [7, 11) is 1.58. The summed E-state index contributed by atoms with van der Waals surface area (Å²) < 4.78 is 5.04. The molecule has 1 heterocycles. The number of aromatic nitrogens is 1. The standard InChI is InChI=1S/C14H15N3O2/c1-19-12-5-3-11(4-6-12)14(18)17-13-7-2-10(8-15)9-16-13/h2-7,9H,8,15H2,1H3,(H,16,17,18). The summed E-state index contributed by atoms with van der Waals surface area (Å²) >= 11 is 0. The molecule has 0 fully saturated rings. The van der Waals surface area contributed by atoms with Crippen LogP contribution in [0.1, 0.15) is 15.9 Å². The van der Waals surface area contributed by atoms with E-state index in [9.17, 15) is 4.79 Å². The SMILES string of the molecule is COc1ccc(C(=O)Nc2ccc(CN)cn2)cc1. The van der Waals surface area contributed by atoms with Crippen molar-refractivity contribution >= 4 is 11.7 Å². The zero-order chi connectivity index (χ0) is 13.7. The van der Waals surface area contributed by atoms with Crippen LogP contribution in [-0.4, -0.2) is 18.0 Å². The molecule has 0 spiro atoms. The maximum atomic E-state index is 12.0. The first-order valence-electron chi connectivity index (χ1n) is 5.83. The Labute approximate surface area is 111 Å². The fourth-order valence-electron chi connectivity index (χ4n) is 1.55. The zero-order valence-electron chi connectivity index (χ0n) is 10.6. The Morgan fingerprint density at radius 1 is 1.26 bits per heavy atom. The molecule has 0 unspecified atom stereocenters. The van der Waals surface area contributed by atoms with Crippen LogP contribution in [0.25, 0.3) is 0 Å². The Morgan fingerprint density at radius 2 is 2.00 bits per heavy atom. The third-order valence-corrected chi connectivity index (χ3v) is 2.65. The monoisotopic (exact) mass is 257 g/mol. The molecule has 1 aromatic carbocycles. The molecule has 98 valence electrons. The van der Waals surface area contributed by atoms with Gasteiger partial charge in [0.2, 0.25) is 0 Å². The Balaban J connectivity index is 2.06. The van der Waals surface area contributed by atoms with E-state index in [2.05, 4.69) is 10.3 Å². The molecule has 1 aromatic heterocycles. The molecule has 0 aliphatic rings.